The van der Waals surface area contributed by atoms with E-state index in [9.17, 15) is 14.0 Å². The summed E-state index contributed by atoms with van der Waals surface area (Å²) in [7, 11) is 0. The number of piperazine rings is 1. The molecule has 1 aromatic carbocycles. The Morgan fingerprint density at radius 2 is 2.25 bits per heavy atom. The van der Waals surface area contributed by atoms with E-state index in [-0.39, 0.29) is 18.2 Å². The fourth-order valence-electron chi connectivity index (χ4n) is 3.18. The molecule has 1 unspecified atom stereocenters. The summed E-state index contributed by atoms with van der Waals surface area (Å²) in [6.07, 6.45) is 4.18. The molecule has 1 saturated heterocycles. The van der Waals surface area contributed by atoms with E-state index in [4.69, 9.17) is 11.6 Å². The van der Waals surface area contributed by atoms with Crippen molar-refractivity contribution in [3.05, 3.63) is 64.7 Å². The number of pyridine rings is 1. The van der Waals surface area contributed by atoms with Gasteiger partial charge in [-0.3, -0.25) is 19.5 Å². The number of carbonyl (C=O) groups is 2. The average Bonchev–Trinajstić information content (AvgIpc) is 2.67. The van der Waals surface area contributed by atoms with Gasteiger partial charge in [0.1, 0.15) is 5.82 Å². The fourth-order valence-corrected chi connectivity index (χ4v) is 3.41. The quantitative estimate of drug-likeness (QED) is 0.739. The Bertz CT molecular complexity index is 834. The van der Waals surface area contributed by atoms with E-state index in [0.717, 1.165) is 11.1 Å². The Balaban J connectivity index is 1.57. The third kappa shape index (κ3) is 5.50. The smallest absolute Gasteiger partial charge is 0.237 e. The molecule has 1 aliphatic heterocycles. The first kappa shape index (κ1) is 20.2. The molecule has 0 saturated carbocycles. The van der Waals surface area contributed by atoms with Crippen molar-refractivity contribution in [3.8, 4) is 0 Å². The molecular weight excluding hydrogens is 383 g/mol. The lowest BCUT2D eigenvalue weighted by Crippen LogP contribution is -2.56. The van der Waals surface area contributed by atoms with Crippen LogP contribution in [0.5, 0.6) is 0 Å². The van der Waals surface area contributed by atoms with Crippen LogP contribution in [0.25, 0.3) is 0 Å². The van der Waals surface area contributed by atoms with Gasteiger partial charge in [-0.15, -0.1) is 0 Å². The molecule has 1 fully saturated rings. The largest absolute Gasteiger partial charge is 0.356 e. The minimum Gasteiger partial charge on any atom is -0.356 e. The number of amides is 2. The van der Waals surface area contributed by atoms with Crippen LogP contribution in [0.2, 0.25) is 5.02 Å². The van der Waals surface area contributed by atoms with Gasteiger partial charge in [-0.2, -0.15) is 0 Å². The second-order valence-corrected chi connectivity index (χ2v) is 7.09. The summed E-state index contributed by atoms with van der Waals surface area (Å²) in [6, 6.07) is 7.40. The first-order valence-electron chi connectivity index (χ1n) is 9.14. The number of nitrogens with one attached hydrogen (secondary N) is 2. The zero-order valence-corrected chi connectivity index (χ0v) is 16.1. The van der Waals surface area contributed by atoms with Crippen molar-refractivity contribution in [1.82, 2.24) is 20.5 Å². The van der Waals surface area contributed by atoms with Crippen LogP contribution in [-0.4, -0.2) is 47.4 Å². The highest BCUT2D eigenvalue weighted by atomic mass is 35.5. The molecule has 148 valence electrons. The van der Waals surface area contributed by atoms with Crippen molar-refractivity contribution in [2.45, 2.75) is 25.4 Å². The number of carbonyl (C=O) groups excluding carboxylic acids is 2. The van der Waals surface area contributed by atoms with Crippen molar-refractivity contribution >= 4 is 23.4 Å². The molecule has 2 heterocycles. The molecule has 0 bridgehead atoms. The van der Waals surface area contributed by atoms with E-state index in [1.54, 1.807) is 18.5 Å². The summed E-state index contributed by atoms with van der Waals surface area (Å²) in [5.41, 5.74) is 1.76. The van der Waals surface area contributed by atoms with Crippen LogP contribution in [-0.2, 0) is 22.6 Å². The van der Waals surface area contributed by atoms with Gasteiger partial charge < -0.3 is 10.6 Å². The molecule has 1 atom stereocenters. The van der Waals surface area contributed by atoms with Gasteiger partial charge in [0.15, 0.2) is 0 Å². The van der Waals surface area contributed by atoms with E-state index in [1.807, 2.05) is 17.0 Å². The maximum Gasteiger partial charge on any atom is 0.237 e. The topological polar surface area (TPSA) is 74.3 Å². The minimum atomic E-state index is -0.590. The number of hydrogen-bond donors (Lipinski definition) is 2. The standard InChI is InChI=1S/C20H22ClFN4O2/c21-17-10-16(22)4-3-15(17)13-26-9-8-25-20(28)18(26)11-19(27)24-7-5-14-2-1-6-23-12-14/h1-4,6,10,12,18H,5,7-9,11,13H2,(H,24,27)(H,25,28). The molecule has 6 nitrogen and oxygen atoms in total. The maximum absolute atomic E-state index is 13.3. The second kappa shape index (κ2) is 9.61. The molecule has 2 amide bonds. The first-order chi connectivity index (χ1) is 13.5. The van der Waals surface area contributed by atoms with E-state index < -0.39 is 11.9 Å². The molecule has 28 heavy (non-hydrogen) atoms. The van der Waals surface area contributed by atoms with E-state index >= 15 is 0 Å². The van der Waals surface area contributed by atoms with E-state index in [2.05, 4.69) is 15.6 Å². The van der Waals surface area contributed by atoms with Crippen LogP contribution >= 0.6 is 11.6 Å². The van der Waals surface area contributed by atoms with Gasteiger partial charge in [-0.25, -0.2) is 4.39 Å². The first-order valence-corrected chi connectivity index (χ1v) is 9.52. The number of hydrogen-bond acceptors (Lipinski definition) is 4. The predicted molar refractivity (Wildman–Crippen MR) is 104 cm³/mol. The molecule has 0 radical (unpaired) electrons. The number of benzene rings is 1. The van der Waals surface area contributed by atoms with Gasteiger partial charge in [0, 0.05) is 43.6 Å². The number of rotatable bonds is 7. The van der Waals surface area contributed by atoms with Gasteiger partial charge >= 0.3 is 0 Å². The van der Waals surface area contributed by atoms with Crippen LogP contribution in [0, 0.1) is 5.82 Å². The number of nitrogens with zero attached hydrogens (tertiary/aromatic N) is 2. The van der Waals surface area contributed by atoms with Crippen LogP contribution in [0.3, 0.4) is 0 Å². The summed E-state index contributed by atoms with van der Waals surface area (Å²) in [5.74, 6) is -0.789. The van der Waals surface area contributed by atoms with Crippen LogP contribution < -0.4 is 10.6 Å². The lowest BCUT2D eigenvalue weighted by atomic mass is 10.1. The van der Waals surface area contributed by atoms with Gasteiger partial charge in [0.05, 0.1) is 12.5 Å². The van der Waals surface area contributed by atoms with Crippen LogP contribution in [0.1, 0.15) is 17.5 Å². The summed E-state index contributed by atoms with van der Waals surface area (Å²) < 4.78 is 13.3. The number of aromatic nitrogens is 1. The zero-order chi connectivity index (χ0) is 19.9. The minimum absolute atomic E-state index is 0.0533. The van der Waals surface area contributed by atoms with Crippen LogP contribution in [0.4, 0.5) is 4.39 Å². The molecule has 2 N–H and O–H groups in total. The van der Waals surface area contributed by atoms with Gasteiger partial charge in [0.25, 0.3) is 0 Å². The monoisotopic (exact) mass is 404 g/mol. The predicted octanol–water partition coefficient (Wildman–Crippen LogP) is 1.92. The zero-order valence-electron chi connectivity index (χ0n) is 15.3. The molecule has 1 aromatic heterocycles. The Morgan fingerprint density at radius 3 is 3.00 bits per heavy atom. The van der Waals surface area contributed by atoms with Gasteiger partial charge in [-0.1, -0.05) is 23.7 Å². The van der Waals surface area contributed by atoms with Gasteiger partial charge in [0.2, 0.25) is 11.8 Å². The molecule has 0 spiro atoms. The highest BCUT2D eigenvalue weighted by molar-refractivity contribution is 6.31. The Kier molecular flexibility index (Phi) is 6.95. The highest BCUT2D eigenvalue weighted by Crippen LogP contribution is 2.21. The SMILES string of the molecule is O=C(CC1C(=O)NCCN1Cc1ccc(F)cc1Cl)NCCc1cccnc1. The summed E-state index contributed by atoms with van der Waals surface area (Å²) >= 11 is 6.11. The van der Waals surface area contributed by atoms with E-state index in [1.165, 1.54) is 12.1 Å². The Labute approximate surface area is 168 Å². The fraction of sp³-hybridized carbons (Fsp3) is 0.350. The maximum atomic E-state index is 13.3. The second-order valence-electron chi connectivity index (χ2n) is 6.68. The summed E-state index contributed by atoms with van der Waals surface area (Å²) in [5, 5.41) is 5.96. The molecule has 1 aliphatic rings. The molecule has 2 aromatic rings. The number of halogens is 2. The molecule has 3 rings (SSSR count). The Hall–Kier alpha value is -2.51. The summed E-state index contributed by atoms with van der Waals surface area (Å²) in [4.78, 5) is 30.6. The van der Waals surface area contributed by atoms with Crippen LogP contribution in [0.15, 0.2) is 42.7 Å². The normalized spacial score (nSPS) is 17.2. The lowest BCUT2D eigenvalue weighted by Gasteiger charge is -2.34. The third-order valence-corrected chi connectivity index (χ3v) is 5.02. The van der Waals surface area contributed by atoms with Crippen molar-refractivity contribution in [3.63, 3.8) is 0 Å². The molecule has 0 aliphatic carbocycles. The van der Waals surface area contributed by atoms with E-state index in [0.29, 0.717) is 37.6 Å². The van der Waals surface area contributed by atoms with Crippen molar-refractivity contribution in [2.24, 2.45) is 0 Å². The molecular formula is C20H22ClFN4O2. The summed E-state index contributed by atoms with van der Waals surface area (Å²) in [6.45, 7) is 1.94. The lowest BCUT2D eigenvalue weighted by molar-refractivity contribution is -0.134. The Morgan fingerprint density at radius 1 is 1.39 bits per heavy atom. The average molecular weight is 405 g/mol. The van der Waals surface area contributed by atoms with Gasteiger partial charge in [-0.05, 0) is 35.7 Å². The third-order valence-electron chi connectivity index (χ3n) is 4.67. The van der Waals surface area contributed by atoms with Crippen molar-refractivity contribution in [2.75, 3.05) is 19.6 Å². The molecule has 8 heteroatoms. The van der Waals surface area contributed by atoms with Crippen molar-refractivity contribution < 1.29 is 14.0 Å². The van der Waals surface area contributed by atoms with Crippen molar-refractivity contribution in [1.29, 1.82) is 0 Å². The highest BCUT2D eigenvalue weighted by Gasteiger charge is 2.31.